The van der Waals surface area contributed by atoms with Gasteiger partial charge in [-0.05, 0) is 55.0 Å². The molecule has 0 fully saturated rings. The lowest BCUT2D eigenvalue weighted by atomic mass is 10.1. The minimum absolute atomic E-state index is 0.0223. The van der Waals surface area contributed by atoms with E-state index >= 15 is 0 Å². The van der Waals surface area contributed by atoms with Crippen molar-refractivity contribution in [2.75, 3.05) is 6.61 Å². The molecule has 0 saturated heterocycles. The van der Waals surface area contributed by atoms with Gasteiger partial charge in [-0.1, -0.05) is 6.07 Å². The zero-order chi connectivity index (χ0) is 28.3. The van der Waals surface area contributed by atoms with Crippen LogP contribution < -0.4 is 9.47 Å². The van der Waals surface area contributed by atoms with Crippen molar-refractivity contribution in [2.45, 2.75) is 13.1 Å². The van der Waals surface area contributed by atoms with Crippen LogP contribution in [0.4, 0.5) is 24.5 Å². The molecule has 0 aliphatic carbocycles. The van der Waals surface area contributed by atoms with Crippen LogP contribution in [0, 0.1) is 20.2 Å². The van der Waals surface area contributed by atoms with Crippen molar-refractivity contribution < 1.29 is 42.0 Å². The summed E-state index contributed by atoms with van der Waals surface area (Å²) in [6, 6.07) is 11.4. The first-order valence-corrected chi connectivity index (χ1v) is 11.0. The molecule has 1 heterocycles. The van der Waals surface area contributed by atoms with Gasteiger partial charge in [0.2, 0.25) is 11.6 Å². The number of rotatable bonds is 8. The Bertz CT molecular complexity index is 1530. The quantitative estimate of drug-likeness (QED) is 0.144. The van der Waals surface area contributed by atoms with Crippen LogP contribution in [-0.2, 0) is 15.7 Å². The molecule has 200 valence electrons. The van der Waals surface area contributed by atoms with Gasteiger partial charge in [-0.3, -0.25) is 20.2 Å². The van der Waals surface area contributed by atoms with Crippen molar-refractivity contribution in [3.63, 3.8) is 0 Å². The molecule has 1 aliphatic heterocycles. The third kappa shape index (κ3) is 6.01. The summed E-state index contributed by atoms with van der Waals surface area (Å²) in [5.74, 6) is -1.20. The number of benzene rings is 3. The van der Waals surface area contributed by atoms with Crippen molar-refractivity contribution in [1.82, 2.24) is 0 Å². The van der Waals surface area contributed by atoms with Crippen LogP contribution >= 0.6 is 0 Å². The van der Waals surface area contributed by atoms with E-state index in [1.54, 1.807) is 6.92 Å². The largest absolute Gasteiger partial charge is 0.490 e. The van der Waals surface area contributed by atoms with Gasteiger partial charge in [0.1, 0.15) is 0 Å². The number of carbonyl (C=O) groups is 1. The fourth-order valence-corrected chi connectivity index (χ4v) is 3.42. The van der Waals surface area contributed by atoms with Crippen LogP contribution in [0.15, 0.2) is 71.4 Å². The highest BCUT2D eigenvalue weighted by Crippen LogP contribution is 2.40. The lowest BCUT2D eigenvalue weighted by molar-refractivity contribution is -0.385. The summed E-state index contributed by atoms with van der Waals surface area (Å²) in [5.41, 5.74) is -1.58. The van der Waals surface area contributed by atoms with Gasteiger partial charge in [0, 0.05) is 23.8 Å². The van der Waals surface area contributed by atoms with Crippen molar-refractivity contribution in [3.05, 3.63) is 103 Å². The van der Waals surface area contributed by atoms with E-state index < -0.39 is 39.0 Å². The Kier molecular flexibility index (Phi) is 7.29. The summed E-state index contributed by atoms with van der Waals surface area (Å²) in [4.78, 5) is 37.1. The Morgan fingerprint density at radius 1 is 0.949 bits per heavy atom. The summed E-state index contributed by atoms with van der Waals surface area (Å²) in [6.45, 7) is 1.81. The number of halogens is 3. The van der Waals surface area contributed by atoms with Crippen molar-refractivity contribution in [2.24, 2.45) is 4.99 Å². The van der Waals surface area contributed by atoms with Crippen LogP contribution in [0.3, 0.4) is 0 Å². The summed E-state index contributed by atoms with van der Waals surface area (Å²) in [6.07, 6.45) is -3.41. The first-order chi connectivity index (χ1) is 18.5. The molecule has 3 aromatic rings. The third-order valence-corrected chi connectivity index (χ3v) is 5.22. The molecule has 0 saturated carbocycles. The molecule has 0 bridgehead atoms. The predicted octanol–water partition coefficient (Wildman–Crippen LogP) is 6.06. The smallest absolute Gasteiger partial charge is 0.416 e. The maximum atomic E-state index is 13.0. The van der Waals surface area contributed by atoms with Gasteiger partial charge in [0.25, 0.3) is 5.69 Å². The number of ether oxygens (including phenoxy) is 3. The number of nitrogens with zero attached hydrogens (tertiary/aromatic N) is 3. The van der Waals surface area contributed by atoms with E-state index in [0.717, 1.165) is 6.07 Å². The molecule has 3 aromatic carbocycles. The van der Waals surface area contributed by atoms with Crippen LogP contribution in [0.1, 0.15) is 23.6 Å². The topological polar surface area (TPSA) is 143 Å². The Labute approximate surface area is 217 Å². The highest BCUT2D eigenvalue weighted by atomic mass is 19.4. The fraction of sp³-hybridized carbons (Fsp3) is 0.120. The fourth-order valence-electron chi connectivity index (χ4n) is 3.42. The Morgan fingerprint density at radius 3 is 2.26 bits per heavy atom. The minimum Gasteiger partial charge on any atom is -0.490 e. The lowest BCUT2D eigenvalue weighted by Gasteiger charge is -2.13. The van der Waals surface area contributed by atoms with E-state index in [2.05, 4.69) is 4.99 Å². The van der Waals surface area contributed by atoms with Gasteiger partial charge < -0.3 is 14.2 Å². The second-order valence-corrected chi connectivity index (χ2v) is 7.82. The van der Waals surface area contributed by atoms with Gasteiger partial charge in [-0.2, -0.15) is 13.2 Å². The van der Waals surface area contributed by atoms with Gasteiger partial charge in [-0.25, -0.2) is 9.79 Å². The number of non-ortho nitro benzene ring substituents is 1. The van der Waals surface area contributed by atoms with Crippen LogP contribution in [0.25, 0.3) is 6.08 Å². The Morgan fingerprint density at radius 2 is 1.64 bits per heavy atom. The molecule has 0 amide bonds. The molecule has 4 rings (SSSR count). The molecule has 39 heavy (non-hydrogen) atoms. The Hall–Kier alpha value is -5.27. The SMILES string of the molecule is CCOc1cc(/C=C2\N=C(c3ccc([N+](=O)[O-])cc3)OC2=O)ccc1Oc1ccc(C(F)(F)F)cc1[N+](=O)[O-]. The molecular weight excluding hydrogens is 527 g/mol. The highest BCUT2D eigenvalue weighted by molar-refractivity contribution is 6.12. The number of aliphatic imine (C=N–C) groups is 1. The molecular formula is C25H16F3N3O8. The Balaban J connectivity index is 1.63. The number of carbonyl (C=O) groups excluding carboxylic acids is 1. The monoisotopic (exact) mass is 543 g/mol. The molecule has 0 aromatic heterocycles. The molecule has 14 heteroatoms. The number of nitro groups is 2. The average molecular weight is 543 g/mol. The van der Waals surface area contributed by atoms with Crippen molar-refractivity contribution in [3.8, 4) is 17.2 Å². The van der Waals surface area contributed by atoms with E-state index in [0.29, 0.717) is 23.3 Å². The minimum atomic E-state index is -4.78. The number of hydrogen-bond acceptors (Lipinski definition) is 9. The first-order valence-electron chi connectivity index (χ1n) is 11.0. The number of hydrogen-bond donors (Lipinski definition) is 0. The lowest BCUT2D eigenvalue weighted by Crippen LogP contribution is -2.06. The van der Waals surface area contributed by atoms with Gasteiger partial charge in [0.05, 0.1) is 22.0 Å². The summed E-state index contributed by atoms with van der Waals surface area (Å²) < 4.78 is 55.2. The molecule has 0 radical (unpaired) electrons. The van der Waals surface area contributed by atoms with Crippen LogP contribution in [-0.4, -0.2) is 28.3 Å². The molecule has 0 N–H and O–H groups in total. The van der Waals surface area contributed by atoms with Crippen LogP contribution in [0.2, 0.25) is 0 Å². The zero-order valence-electron chi connectivity index (χ0n) is 19.8. The normalized spacial score (nSPS) is 14.1. The van der Waals surface area contributed by atoms with Gasteiger partial charge in [-0.15, -0.1) is 0 Å². The zero-order valence-corrected chi connectivity index (χ0v) is 19.8. The third-order valence-electron chi connectivity index (χ3n) is 5.22. The van der Waals surface area contributed by atoms with Crippen LogP contribution in [0.5, 0.6) is 17.2 Å². The molecule has 0 unspecified atom stereocenters. The number of nitro benzene ring substituents is 2. The van der Waals surface area contributed by atoms with Gasteiger partial charge >= 0.3 is 17.8 Å². The first kappa shape index (κ1) is 26.8. The van der Waals surface area contributed by atoms with E-state index in [9.17, 15) is 38.2 Å². The maximum Gasteiger partial charge on any atom is 0.416 e. The second-order valence-electron chi connectivity index (χ2n) is 7.82. The molecule has 11 nitrogen and oxygen atoms in total. The molecule has 0 spiro atoms. The second kappa shape index (κ2) is 10.6. The number of alkyl halides is 3. The standard InChI is InChI=1S/C25H16F3N3O8/c1-2-37-22-12-14(11-18-24(32)39-23(29-18)15-4-7-17(8-5-15)30(33)34)3-9-21(22)38-20-10-6-16(25(26,27)28)13-19(20)31(35)36/h3-13H,2H2,1H3/b18-11-. The molecule has 1 aliphatic rings. The van der Waals surface area contributed by atoms with Gasteiger partial charge in [0.15, 0.2) is 17.2 Å². The molecule has 0 atom stereocenters. The highest BCUT2D eigenvalue weighted by Gasteiger charge is 2.33. The van der Waals surface area contributed by atoms with E-state index in [1.165, 1.54) is 48.5 Å². The van der Waals surface area contributed by atoms with Crippen molar-refractivity contribution in [1.29, 1.82) is 0 Å². The maximum absolute atomic E-state index is 13.0. The summed E-state index contributed by atoms with van der Waals surface area (Å²) in [5, 5.41) is 22.2. The summed E-state index contributed by atoms with van der Waals surface area (Å²) >= 11 is 0. The summed E-state index contributed by atoms with van der Waals surface area (Å²) in [7, 11) is 0. The van der Waals surface area contributed by atoms with E-state index in [1.807, 2.05) is 0 Å². The van der Waals surface area contributed by atoms with Crippen molar-refractivity contribution >= 4 is 29.3 Å². The number of esters is 1. The van der Waals surface area contributed by atoms with E-state index in [-0.39, 0.29) is 35.4 Å². The average Bonchev–Trinajstić information content (AvgIpc) is 3.25. The number of cyclic esters (lactones) is 1. The predicted molar refractivity (Wildman–Crippen MR) is 129 cm³/mol. The van der Waals surface area contributed by atoms with E-state index in [4.69, 9.17) is 14.2 Å².